The molecule has 10 nitrogen and oxygen atoms in total. The molecule has 1 aliphatic rings. The van der Waals surface area contributed by atoms with Crippen LogP contribution in [0, 0.1) is 5.92 Å². The van der Waals surface area contributed by atoms with Crippen LogP contribution in [0.5, 0.6) is 0 Å². The minimum absolute atomic E-state index is 0.114. The standard InChI is InChI=1S/C29H37N7O3S/c1-21(2)20-36(29(33-37)32-27-18-31-28(19-30-27)40(3,38)39)22-12-14-34(15-13-22)16-17-35-25-10-6-4-8-23(25)24-9-5-7-11-26(24)35/h4-11,18-19,21-22,37H,12-17,20H2,1-3H3,(H,30,32,33). The van der Waals surface area contributed by atoms with E-state index in [4.69, 9.17) is 0 Å². The molecule has 0 amide bonds. The van der Waals surface area contributed by atoms with Crippen LogP contribution in [0.4, 0.5) is 5.82 Å². The van der Waals surface area contributed by atoms with E-state index in [2.05, 4.69) is 97.2 Å². The van der Waals surface area contributed by atoms with Crippen molar-refractivity contribution in [1.29, 1.82) is 0 Å². The number of hydroxylamine groups is 1. The Morgan fingerprint density at radius 2 is 1.65 bits per heavy atom. The molecule has 0 atom stereocenters. The molecule has 0 aliphatic carbocycles. The van der Waals surface area contributed by atoms with Gasteiger partial charge in [-0.05, 0) is 30.9 Å². The summed E-state index contributed by atoms with van der Waals surface area (Å²) < 4.78 is 25.8. The van der Waals surface area contributed by atoms with E-state index in [-0.39, 0.29) is 16.9 Å². The van der Waals surface area contributed by atoms with Crippen LogP contribution >= 0.6 is 0 Å². The van der Waals surface area contributed by atoms with Crippen LogP contribution in [0.2, 0.25) is 0 Å². The number of nitrogens with zero attached hydrogens (tertiary/aromatic N) is 6. The molecule has 1 saturated heterocycles. The van der Waals surface area contributed by atoms with Crippen LogP contribution < -0.4 is 5.48 Å². The van der Waals surface area contributed by atoms with Crippen molar-refractivity contribution in [3.05, 3.63) is 60.9 Å². The first-order chi connectivity index (χ1) is 19.2. The monoisotopic (exact) mass is 563 g/mol. The predicted molar refractivity (Wildman–Crippen MR) is 158 cm³/mol. The van der Waals surface area contributed by atoms with E-state index in [1.807, 2.05) is 0 Å². The van der Waals surface area contributed by atoms with Crippen molar-refractivity contribution in [2.45, 2.75) is 44.3 Å². The molecular weight excluding hydrogens is 526 g/mol. The van der Waals surface area contributed by atoms with Gasteiger partial charge in [-0.25, -0.2) is 23.9 Å². The number of sulfone groups is 1. The summed E-state index contributed by atoms with van der Waals surface area (Å²) in [5.41, 5.74) is 4.80. The second-order valence-electron chi connectivity index (χ2n) is 10.8. The average molecular weight is 564 g/mol. The second-order valence-corrected chi connectivity index (χ2v) is 12.8. The molecule has 212 valence electrons. The molecular formula is C29H37N7O3S. The largest absolute Gasteiger partial charge is 0.339 e. The average Bonchev–Trinajstić information content (AvgIpc) is 3.27. The highest BCUT2D eigenvalue weighted by molar-refractivity contribution is 7.90. The molecule has 0 saturated carbocycles. The number of benzene rings is 2. The van der Waals surface area contributed by atoms with Gasteiger partial charge in [-0.15, -0.1) is 0 Å². The SMILES string of the molecule is CC(C)CN(/C(=N/c1cnc(S(C)(=O)=O)cn1)NO)C1CCN(CCn2c3ccccc3c3ccccc32)CC1. The highest BCUT2D eigenvalue weighted by Gasteiger charge is 2.28. The van der Waals surface area contributed by atoms with Crippen molar-refractivity contribution in [3.63, 3.8) is 0 Å². The van der Waals surface area contributed by atoms with Crippen LogP contribution in [-0.4, -0.2) is 82.4 Å². The van der Waals surface area contributed by atoms with Crippen LogP contribution in [-0.2, 0) is 16.4 Å². The number of piperidine rings is 1. The van der Waals surface area contributed by atoms with Crippen LogP contribution in [0.15, 0.2) is 70.9 Å². The topological polar surface area (TPSA) is 116 Å². The molecule has 1 aliphatic heterocycles. The van der Waals surface area contributed by atoms with E-state index in [1.165, 1.54) is 34.2 Å². The lowest BCUT2D eigenvalue weighted by Crippen LogP contribution is -2.52. The van der Waals surface area contributed by atoms with Crippen molar-refractivity contribution in [2.24, 2.45) is 10.9 Å². The first-order valence-electron chi connectivity index (χ1n) is 13.7. The maximum atomic E-state index is 11.7. The number of nitrogens with one attached hydrogen (secondary N) is 1. The normalized spacial score (nSPS) is 15.8. The molecule has 3 heterocycles. The van der Waals surface area contributed by atoms with Gasteiger partial charge in [-0.3, -0.25) is 5.21 Å². The van der Waals surface area contributed by atoms with Gasteiger partial charge in [0.25, 0.3) is 0 Å². The van der Waals surface area contributed by atoms with E-state index >= 15 is 0 Å². The summed E-state index contributed by atoms with van der Waals surface area (Å²) in [6, 6.07) is 17.4. The highest BCUT2D eigenvalue weighted by atomic mass is 32.2. The Labute approximate surface area is 235 Å². The molecule has 0 radical (unpaired) electrons. The van der Waals surface area contributed by atoms with Crippen molar-refractivity contribution in [2.75, 3.05) is 32.4 Å². The van der Waals surface area contributed by atoms with Gasteiger partial charge in [0.1, 0.15) is 0 Å². The smallest absolute Gasteiger partial charge is 0.225 e. The zero-order valence-corrected chi connectivity index (χ0v) is 24.0. The summed E-state index contributed by atoms with van der Waals surface area (Å²) in [6.45, 7) is 8.72. The Morgan fingerprint density at radius 1 is 1.02 bits per heavy atom. The van der Waals surface area contributed by atoms with E-state index in [0.717, 1.165) is 45.3 Å². The lowest BCUT2D eigenvalue weighted by Gasteiger charge is -2.40. The molecule has 2 aromatic heterocycles. The maximum absolute atomic E-state index is 11.7. The highest BCUT2D eigenvalue weighted by Crippen LogP contribution is 2.29. The Morgan fingerprint density at radius 3 is 2.17 bits per heavy atom. The van der Waals surface area contributed by atoms with Gasteiger partial charge in [0, 0.05) is 66.8 Å². The molecule has 4 aromatic rings. The zero-order valence-electron chi connectivity index (χ0n) is 23.2. The fraction of sp³-hybridized carbons (Fsp3) is 0.414. The van der Waals surface area contributed by atoms with Gasteiger partial charge in [0.15, 0.2) is 20.7 Å². The number of aromatic nitrogens is 3. The van der Waals surface area contributed by atoms with Crippen molar-refractivity contribution >= 4 is 43.4 Å². The second kappa shape index (κ2) is 11.9. The number of likely N-dealkylation sites (tertiary alicyclic amines) is 1. The third kappa shape index (κ3) is 6.11. The number of rotatable bonds is 8. The molecule has 11 heteroatoms. The van der Waals surface area contributed by atoms with E-state index in [0.29, 0.717) is 18.4 Å². The molecule has 0 spiro atoms. The van der Waals surface area contributed by atoms with Crippen LogP contribution in [0.25, 0.3) is 21.8 Å². The lowest BCUT2D eigenvalue weighted by atomic mass is 10.0. The zero-order chi connectivity index (χ0) is 28.3. The number of guanidine groups is 1. The molecule has 0 unspecified atom stereocenters. The molecule has 5 rings (SSSR count). The molecule has 0 bridgehead atoms. The number of hydrogen-bond donors (Lipinski definition) is 2. The van der Waals surface area contributed by atoms with Gasteiger partial charge in [-0.1, -0.05) is 50.2 Å². The Hall–Kier alpha value is -3.54. The Bertz CT molecular complexity index is 1540. The third-order valence-electron chi connectivity index (χ3n) is 7.47. The van der Waals surface area contributed by atoms with Crippen molar-refractivity contribution in [3.8, 4) is 0 Å². The van der Waals surface area contributed by atoms with Crippen molar-refractivity contribution in [1.82, 2.24) is 29.8 Å². The first-order valence-corrected chi connectivity index (χ1v) is 15.6. The molecule has 1 fully saturated rings. The first kappa shape index (κ1) is 28.0. The van der Waals surface area contributed by atoms with E-state index in [1.54, 1.807) is 0 Å². The van der Waals surface area contributed by atoms with Gasteiger partial charge in [0.2, 0.25) is 5.96 Å². The molecule has 40 heavy (non-hydrogen) atoms. The minimum Gasteiger partial charge on any atom is -0.339 e. The summed E-state index contributed by atoms with van der Waals surface area (Å²) in [5, 5.41) is 12.5. The fourth-order valence-electron chi connectivity index (χ4n) is 5.56. The van der Waals surface area contributed by atoms with E-state index in [9.17, 15) is 13.6 Å². The summed E-state index contributed by atoms with van der Waals surface area (Å²) in [4.78, 5) is 17.2. The number of fused-ring (bicyclic) bond motifs is 3. The maximum Gasteiger partial charge on any atom is 0.225 e. The summed E-state index contributed by atoms with van der Waals surface area (Å²) >= 11 is 0. The molecule has 2 N–H and O–H groups in total. The summed E-state index contributed by atoms with van der Waals surface area (Å²) in [7, 11) is -3.45. The number of aliphatic imine (C=N–C) groups is 1. The third-order valence-corrected chi connectivity index (χ3v) is 8.44. The summed E-state index contributed by atoms with van der Waals surface area (Å²) in [6.07, 6.45) is 5.43. The van der Waals surface area contributed by atoms with Crippen LogP contribution in [0.1, 0.15) is 26.7 Å². The number of hydrogen-bond acceptors (Lipinski definition) is 7. The Balaban J connectivity index is 1.27. The predicted octanol–water partition coefficient (Wildman–Crippen LogP) is 4.08. The molecule has 2 aromatic carbocycles. The van der Waals surface area contributed by atoms with Crippen LogP contribution in [0.3, 0.4) is 0 Å². The van der Waals surface area contributed by atoms with E-state index < -0.39 is 9.84 Å². The summed E-state index contributed by atoms with van der Waals surface area (Å²) in [5.74, 6) is 0.853. The van der Waals surface area contributed by atoms with Gasteiger partial charge >= 0.3 is 0 Å². The van der Waals surface area contributed by atoms with Gasteiger partial charge < -0.3 is 14.4 Å². The van der Waals surface area contributed by atoms with Gasteiger partial charge in [0.05, 0.1) is 12.4 Å². The fourth-order valence-corrected chi connectivity index (χ4v) is 6.05. The van der Waals surface area contributed by atoms with Gasteiger partial charge in [-0.2, -0.15) is 4.99 Å². The number of para-hydroxylation sites is 2. The quantitative estimate of drug-likeness (QED) is 0.187. The van der Waals surface area contributed by atoms with Crippen molar-refractivity contribution < 1.29 is 13.6 Å². The Kier molecular flexibility index (Phi) is 8.34. The minimum atomic E-state index is -3.45. The lowest BCUT2D eigenvalue weighted by molar-refractivity contribution is 0.127.